The first kappa shape index (κ1) is 20.1. The monoisotopic (exact) mass is 376 g/mol. The number of hydrogen-bond donors (Lipinski definition) is 1. The van der Waals surface area contributed by atoms with E-state index in [1.807, 2.05) is 37.3 Å². The Morgan fingerprint density at radius 2 is 1.54 bits per heavy atom. The molecule has 0 aliphatic heterocycles. The minimum atomic E-state index is -3.70. The SMILES string of the molecule is CCCCN(CCN(O)C=O)S(=O)(=O)c1ccc(-c2ccccc2)cc1. The smallest absolute Gasteiger partial charge is 0.243 e. The molecule has 0 bridgehead atoms. The van der Waals surface area contributed by atoms with Crippen molar-refractivity contribution >= 4 is 16.4 Å². The predicted molar refractivity (Wildman–Crippen MR) is 100 cm³/mol. The lowest BCUT2D eigenvalue weighted by Crippen LogP contribution is -2.38. The third-order valence-corrected chi connectivity index (χ3v) is 5.97. The standard InChI is InChI=1S/C19H24N2O4S/c1-2-3-13-21(15-14-20(23)16-22)26(24,25)19-11-9-18(10-12-19)17-7-5-4-6-8-17/h4-12,16,23H,2-3,13-15H2,1H3. The molecule has 26 heavy (non-hydrogen) atoms. The van der Waals surface area contributed by atoms with E-state index in [4.69, 9.17) is 0 Å². The molecule has 2 rings (SSSR count). The zero-order valence-electron chi connectivity index (χ0n) is 14.8. The van der Waals surface area contributed by atoms with Crippen LogP contribution in [0, 0.1) is 0 Å². The van der Waals surface area contributed by atoms with Crippen LogP contribution in [0.25, 0.3) is 11.1 Å². The van der Waals surface area contributed by atoms with Crippen LogP contribution in [0.1, 0.15) is 19.8 Å². The van der Waals surface area contributed by atoms with Crippen molar-refractivity contribution in [1.29, 1.82) is 0 Å². The number of carbonyl (C=O) groups excluding carboxylic acids is 1. The maximum atomic E-state index is 12.9. The Bertz CT molecular complexity index is 792. The lowest BCUT2D eigenvalue weighted by Gasteiger charge is -2.23. The summed E-state index contributed by atoms with van der Waals surface area (Å²) >= 11 is 0. The molecule has 1 N–H and O–H groups in total. The van der Waals surface area contributed by atoms with E-state index in [1.165, 1.54) is 4.31 Å². The Labute approximate surface area is 154 Å². The van der Waals surface area contributed by atoms with Gasteiger partial charge in [0.2, 0.25) is 16.4 Å². The molecular formula is C19H24N2O4S. The molecule has 0 aromatic heterocycles. The molecular weight excluding hydrogens is 352 g/mol. The molecule has 0 saturated carbocycles. The van der Waals surface area contributed by atoms with E-state index in [9.17, 15) is 18.4 Å². The van der Waals surface area contributed by atoms with Crippen molar-refractivity contribution < 1.29 is 18.4 Å². The summed E-state index contributed by atoms with van der Waals surface area (Å²) in [6, 6.07) is 16.5. The first-order chi connectivity index (χ1) is 12.5. The molecule has 7 heteroatoms. The molecule has 0 heterocycles. The van der Waals surface area contributed by atoms with E-state index in [2.05, 4.69) is 0 Å². The van der Waals surface area contributed by atoms with Crippen molar-refractivity contribution in [1.82, 2.24) is 9.37 Å². The van der Waals surface area contributed by atoms with Gasteiger partial charge in [0.05, 0.1) is 11.4 Å². The molecule has 1 amide bonds. The van der Waals surface area contributed by atoms with E-state index in [0.717, 1.165) is 17.5 Å². The molecule has 0 saturated heterocycles. The van der Waals surface area contributed by atoms with Crippen molar-refractivity contribution in [2.75, 3.05) is 19.6 Å². The van der Waals surface area contributed by atoms with Crippen LogP contribution in [-0.4, -0.2) is 49.0 Å². The Balaban J connectivity index is 2.22. The van der Waals surface area contributed by atoms with Gasteiger partial charge in [0.1, 0.15) is 0 Å². The third-order valence-electron chi connectivity index (χ3n) is 4.06. The van der Waals surface area contributed by atoms with Gasteiger partial charge in [0, 0.05) is 13.1 Å². The molecule has 2 aromatic rings. The molecule has 2 aromatic carbocycles. The number of nitrogens with zero attached hydrogens (tertiary/aromatic N) is 2. The van der Waals surface area contributed by atoms with Crippen LogP contribution >= 0.6 is 0 Å². The predicted octanol–water partition coefficient (Wildman–Crippen LogP) is 2.99. The molecule has 0 aliphatic carbocycles. The molecule has 0 radical (unpaired) electrons. The number of unbranched alkanes of at least 4 members (excludes halogenated alkanes) is 1. The first-order valence-corrected chi connectivity index (χ1v) is 9.99. The minimum Gasteiger partial charge on any atom is -0.286 e. The summed E-state index contributed by atoms with van der Waals surface area (Å²) in [5.74, 6) is 0. The van der Waals surface area contributed by atoms with Gasteiger partial charge in [-0.3, -0.25) is 10.0 Å². The second-order valence-electron chi connectivity index (χ2n) is 5.92. The maximum Gasteiger partial charge on any atom is 0.243 e. The normalized spacial score (nSPS) is 11.5. The van der Waals surface area contributed by atoms with Crippen molar-refractivity contribution in [2.24, 2.45) is 0 Å². The van der Waals surface area contributed by atoms with Crippen LogP contribution in [-0.2, 0) is 14.8 Å². The van der Waals surface area contributed by atoms with Gasteiger partial charge in [-0.05, 0) is 29.7 Å². The Morgan fingerprint density at radius 1 is 0.923 bits per heavy atom. The average molecular weight is 376 g/mol. The van der Waals surface area contributed by atoms with Crippen LogP contribution in [0.5, 0.6) is 0 Å². The van der Waals surface area contributed by atoms with Crippen LogP contribution in [0.15, 0.2) is 59.5 Å². The van der Waals surface area contributed by atoms with E-state index in [-0.39, 0.29) is 24.4 Å². The quantitative estimate of drug-likeness (QED) is 0.393. The fraction of sp³-hybridized carbons (Fsp3) is 0.316. The average Bonchev–Trinajstić information content (AvgIpc) is 2.68. The molecule has 6 nitrogen and oxygen atoms in total. The Hall–Kier alpha value is -2.22. The number of rotatable bonds is 10. The van der Waals surface area contributed by atoms with Gasteiger partial charge in [-0.2, -0.15) is 4.31 Å². The van der Waals surface area contributed by atoms with E-state index < -0.39 is 10.0 Å². The second kappa shape index (κ2) is 9.47. The topological polar surface area (TPSA) is 77.9 Å². The highest BCUT2D eigenvalue weighted by Crippen LogP contribution is 2.23. The van der Waals surface area contributed by atoms with Crippen molar-refractivity contribution in [3.8, 4) is 11.1 Å². The fourth-order valence-corrected chi connectivity index (χ4v) is 4.02. The highest BCUT2D eigenvalue weighted by atomic mass is 32.2. The number of hydroxylamine groups is 2. The minimum absolute atomic E-state index is 0.0397. The second-order valence-corrected chi connectivity index (χ2v) is 7.85. The van der Waals surface area contributed by atoms with Gasteiger partial charge < -0.3 is 0 Å². The molecule has 0 aliphatic rings. The maximum absolute atomic E-state index is 12.9. The lowest BCUT2D eigenvalue weighted by atomic mass is 10.1. The van der Waals surface area contributed by atoms with Crippen molar-refractivity contribution in [2.45, 2.75) is 24.7 Å². The number of carbonyl (C=O) groups is 1. The summed E-state index contributed by atoms with van der Waals surface area (Å²) in [6.45, 7) is 2.28. The van der Waals surface area contributed by atoms with Crippen molar-refractivity contribution in [3.05, 3.63) is 54.6 Å². The summed E-state index contributed by atoms with van der Waals surface area (Å²) < 4.78 is 27.2. The summed E-state index contributed by atoms with van der Waals surface area (Å²) in [5, 5.41) is 9.73. The first-order valence-electron chi connectivity index (χ1n) is 8.55. The molecule has 0 fully saturated rings. The number of benzene rings is 2. The molecule has 0 unspecified atom stereocenters. The summed E-state index contributed by atoms with van der Waals surface area (Å²) in [7, 11) is -3.70. The number of hydrogen-bond acceptors (Lipinski definition) is 4. The summed E-state index contributed by atoms with van der Waals surface area (Å²) in [5.41, 5.74) is 1.95. The molecule has 140 valence electrons. The van der Waals surface area contributed by atoms with Crippen LogP contribution in [0.4, 0.5) is 0 Å². The highest BCUT2D eigenvalue weighted by Gasteiger charge is 2.24. The van der Waals surface area contributed by atoms with E-state index >= 15 is 0 Å². The Morgan fingerprint density at radius 3 is 2.12 bits per heavy atom. The van der Waals surface area contributed by atoms with Crippen LogP contribution in [0.2, 0.25) is 0 Å². The fourth-order valence-electron chi connectivity index (χ4n) is 2.55. The van der Waals surface area contributed by atoms with Crippen LogP contribution < -0.4 is 0 Å². The summed E-state index contributed by atoms with van der Waals surface area (Å²) in [6.07, 6.45) is 1.81. The zero-order valence-corrected chi connectivity index (χ0v) is 15.6. The van der Waals surface area contributed by atoms with Crippen molar-refractivity contribution in [3.63, 3.8) is 0 Å². The van der Waals surface area contributed by atoms with E-state index in [1.54, 1.807) is 24.3 Å². The summed E-state index contributed by atoms with van der Waals surface area (Å²) in [4.78, 5) is 10.7. The molecule has 0 spiro atoms. The van der Waals surface area contributed by atoms with Gasteiger partial charge in [-0.1, -0.05) is 55.8 Å². The van der Waals surface area contributed by atoms with Gasteiger partial charge in [-0.15, -0.1) is 0 Å². The lowest BCUT2D eigenvalue weighted by molar-refractivity contribution is -0.149. The van der Waals surface area contributed by atoms with Gasteiger partial charge in [-0.25, -0.2) is 13.5 Å². The molecule has 0 atom stereocenters. The van der Waals surface area contributed by atoms with Gasteiger partial charge in [0.25, 0.3) is 0 Å². The number of amides is 1. The van der Waals surface area contributed by atoms with Gasteiger partial charge in [0.15, 0.2) is 0 Å². The number of sulfonamides is 1. The zero-order chi connectivity index (χ0) is 19.0. The van der Waals surface area contributed by atoms with E-state index in [0.29, 0.717) is 18.0 Å². The Kier molecular flexibility index (Phi) is 7.32. The van der Waals surface area contributed by atoms with Crippen LogP contribution in [0.3, 0.4) is 0 Å². The highest BCUT2D eigenvalue weighted by molar-refractivity contribution is 7.89. The largest absolute Gasteiger partial charge is 0.286 e. The third kappa shape index (κ3) is 5.14. The van der Waals surface area contributed by atoms with Gasteiger partial charge >= 0.3 is 0 Å².